The average Bonchev–Trinajstić information content (AvgIpc) is 2.90. The van der Waals surface area contributed by atoms with E-state index in [1.807, 2.05) is 34.0 Å². The highest BCUT2D eigenvalue weighted by molar-refractivity contribution is 7.98. The highest BCUT2D eigenvalue weighted by atomic mass is 32.2. The lowest BCUT2D eigenvalue weighted by molar-refractivity contribution is -0.140. The monoisotopic (exact) mass is 570 g/mol. The molecule has 39 heavy (non-hydrogen) atoms. The molecule has 0 saturated carbocycles. The van der Waals surface area contributed by atoms with E-state index < -0.39 is 18.4 Å². The molecule has 9 nitrogen and oxygen atoms in total. The number of nitrogens with zero attached hydrogens (tertiary/aromatic N) is 2. The van der Waals surface area contributed by atoms with Crippen LogP contribution in [0.5, 0.6) is 0 Å². The Balaban J connectivity index is 3.08. The van der Waals surface area contributed by atoms with Crippen LogP contribution in [0.15, 0.2) is 11.6 Å². The van der Waals surface area contributed by atoms with E-state index in [-0.39, 0.29) is 47.7 Å². The van der Waals surface area contributed by atoms with Gasteiger partial charge in [0, 0.05) is 25.8 Å². The fraction of sp³-hybridized carbons (Fsp3) is 0.828. The second-order valence-electron chi connectivity index (χ2n) is 11.6. The van der Waals surface area contributed by atoms with Gasteiger partial charge >= 0.3 is 0 Å². The van der Waals surface area contributed by atoms with E-state index in [9.17, 15) is 19.5 Å². The number of rotatable bonds is 15. The van der Waals surface area contributed by atoms with E-state index in [0.29, 0.717) is 12.0 Å². The number of carbonyl (C=O) groups excluding carboxylic acids is 3. The third-order valence-electron chi connectivity index (χ3n) is 7.53. The topological polar surface area (TPSA) is 111 Å². The first kappa shape index (κ1) is 35.4. The molecule has 1 aliphatic rings. The summed E-state index contributed by atoms with van der Waals surface area (Å²) in [5.74, 6) is 0.0947. The van der Waals surface area contributed by atoms with Gasteiger partial charge in [-0.15, -0.1) is 0 Å². The molecule has 0 bridgehead atoms. The molecular weight excluding hydrogens is 516 g/mol. The summed E-state index contributed by atoms with van der Waals surface area (Å²) in [4.78, 5) is 44.0. The van der Waals surface area contributed by atoms with Gasteiger partial charge in [-0.2, -0.15) is 11.8 Å². The number of aliphatic hydroxyl groups excluding tert-OH is 1. The van der Waals surface area contributed by atoms with Crippen LogP contribution in [0.3, 0.4) is 0 Å². The molecule has 1 unspecified atom stereocenters. The summed E-state index contributed by atoms with van der Waals surface area (Å²) in [5.41, 5.74) is 0.450. The smallest absolute Gasteiger partial charge is 0.247 e. The van der Waals surface area contributed by atoms with E-state index in [0.717, 1.165) is 31.6 Å². The lowest BCUT2D eigenvalue weighted by atomic mass is 9.95. The van der Waals surface area contributed by atoms with Crippen molar-refractivity contribution >= 4 is 29.5 Å². The molecule has 5 atom stereocenters. The molecule has 1 heterocycles. The van der Waals surface area contributed by atoms with Crippen molar-refractivity contribution in [3.05, 3.63) is 11.6 Å². The molecule has 1 saturated heterocycles. The Morgan fingerprint density at radius 3 is 2.26 bits per heavy atom. The van der Waals surface area contributed by atoms with E-state index in [4.69, 9.17) is 4.74 Å². The lowest BCUT2D eigenvalue weighted by Gasteiger charge is -2.39. The molecule has 0 spiro atoms. The van der Waals surface area contributed by atoms with Crippen molar-refractivity contribution < 1.29 is 24.2 Å². The van der Waals surface area contributed by atoms with E-state index in [2.05, 4.69) is 29.4 Å². The van der Waals surface area contributed by atoms with Crippen LogP contribution >= 0.6 is 11.8 Å². The van der Waals surface area contributed by atoms with E-state index >= 15 is 0 Å². The van der Waals surface area contributed by atoms with Gasteiger partial charge in [0.15, 0.2) is 6.29 Å². The molecule has 3 N–H and O–H groups in total. The average molecular weight is 571 g/mol. The molecule has 0 radical (unpaired) electrons. The van der Waals surface area contributed by atoms with Crippen molar-refractivity contribution in [2.24, 2.45) is 11.8 Å². The fourth-order valence-electron chi connectivity index (χ4n) is 5.04. The first-order chi connectivity index (χ1) is 18.3. The predicted molar refractivity (Wildman–Crippen MR) is 159 cm³/mol. The van der Waals surface area contributed by atoms with Gasteiger partial charge in [-0.25, -0.2) is 0 Å². The van der Waals surface area contributed by atoms with E-state index in [1.54, 1.807) is 36.7 Å². The van der Waals surface area contributed by atoms with Gasteiger partial charge in [0.2, 0.25) is 17.7 Å². The number of methoxy groups -OCH3 is 1. The number of likely N-dealkylation sites (tertiary alicyclic amines) is 1. The van der Waals surface area contributed by atoms with Crippen molar-refractivity contribution in [3.8, 4) is 0 Å². The van der Waals surface area contributed by atoms with Crippen LogP contribution in [0, 0.1) is 11.8 Å². The standard InChI is InChI=1S/C29H54N4O5S/c1-18(2)24(17-21(7)26(34)30-22(14-16-39-10)29(37)38-9)32(8)28(36)25(19(3)4)31-27(35)23-13-11-12-15-33(23)20(5)6/h17-20,22-25,29,37H,11-16H2,1-10H3,(H,30,34)(H,31,35)/t22-,23+,24+,25-,29?/m0/s1. The Bertz CT molecular complexity index is 819. The summed E-state index contributed by atoms with van der Waals surface area (Å²) in [6, 6.07) is -1.55. The van der Waals surface area contributed by atoms with Crippen LogP contribution in [0.2, 0.25) is 0 Å². The molecule has 1 fully saturated rings. The van der Waals surface area contributed by atoms with Crippen LogP contribution < -0.4 is 10.6 Å². The molecule has 0 aromatic rings. The maximum atomic E-state index is 13.8. The number of nitrogens with one attached hydrogen (secondary N) is 2. The number of likely N-dealkylation sites (N-methyl/N-ethyl adjacent to an activating group) is 1. The maximum Gasteiger partial charge on any atom is 0.247 e. The molecule has 0 aromatic carbocycles. The van der Waals surface area contributed by atoms with Crippen molar-refractivity contribution in [3.63, 3.8) is 0 Å². The summed E-state index contributed by atoms with van der Waals surface area (Å²) in [5, 5.41) is 16.1. The Morgan fingerprint density at radius 2 is 1.74 bits per heavy atom. The quantitative estimate of drug-likeness (QED) is 0.205. The van der Waals surface area contributed by atoms with Crippen molar-refractivity contribution in [2.45, 2.75) is 111 Å². The van der Waals surface area contributed by atoms with Gasteiger partial charge in [0.1, 0.15) is 6.04 Å². The zero-order valence-corrected chi connectivity index (χ0v) is 26.6. The summed E-state index contributed by atoms with van der Waals surface area (Å²) in [7, 11) is 3.13. The largest absolute Gasteiger partial charge is 0.366 e. The minimum absolute atomic E-state index is 0.0249. The summed E-state index contributed by atoms with van der Waals surface area (Å²) < 4.78 is 5.04. The van der Waals surface area contributed by atoms with Gasteiger partial charge in [-0.05, 0) is 70.4 Å². The fourth-order valence-corrected chi connectivity index (χ4v) is 5.53. The lowest BCUT2D eigenvalue weighted by Crippen LogP contribution is -2.58. The molecule has 0 aliphatic carbocycles. The summed E-state index contributed by atoms with van der Waals surface area (Å²) in [6.45, 7) is 14.7. The van der Waals surface area contributed by atoms with Crippen molar-refractivity contribution in [1.82, 2.24) is 20.4 Å². The number of aliphatic hydroxyl groups is 1. The van der Waals surface area contributed by atoms with Gasteiger partial charge in [-0.1, -0.05) is 40.2 Å². The third-order valence-corrected chi connectivity index (χ3v) is 8.18. The van der Waals surface area contributed by atoms with Crippen LogP contribution in [0.4, 0.5) is 0 Å². The number of hydrogen-bond donors (Lipinski definition) is 3. The number of ether oxygens (including phenoxy) is 1. The number of piperidine rings is 1. The van der Waals surface area contributed by atoms with Crippen LogP contribution in [-0.4, -0.2) is 102 Å². The zero-order valence-electron chi connectivity index (χ0n) is 25.8. The molecule has 1 aliphatic heterocycles. The van der Waals surface area contributed by atoms with Gasteiger partial charge in [0.05, 0.1) is 18.1 Å². The number of thioether (sulfide) groups is 1. The number of carbonyl (C=O) groups is 3. The number of hydrogen-bond acceptors (Lipinski definition) is 7. The highest BCUT2D eigenvalue weighted by Gasteiger charge is 2.36. The molecule has 226 valence electrons. The van der Waals surface area contributed by atoms with Crippen molar-refractivity contribution in [2.75, 3.05) is 32.7 Å². The van der Waals surface area contributed by atoms with Crippen LogP contribution in [-0.2, 0) is 19.1 Å². The van der Waals surface area contributed by atoms with Gasteiger partial charge in [-0.3, -0.25) is 19.3 Å². The van der Waals surface area contributed by atoms with Crippen LogP contribution in [0.1, 0.15) is 74.1 Å². The molecule has 3 amide bonds. The first-order valence-electron chi connectivity index (χ1n) is 14.3. The second kappa shape index (κ2) is 17.3. The Hall–Kier alpha value is -1.62. The molecule has 1 rings (SSSR count). The summed E-state index contributed by atoms with van der Waals surface area (Å²) in [6.07, 6.45) is 6.09. The SMILES string of the molecule is COC(O)[C@H](CCSC)NC(=O)C(C)=C[C@H](C(C)C)N(C)C(=O)[C@@H](NC(=O)[C@H]1CCCCN1C(C)C)C(C)C. The minimum atomic E-state index is -1.11. The van der Waals surface area contributed by atoms with Gasteiger partial charge < -0.3 is 25.4 Å². The molecule has 10 heteroatoms. The summed E-state index contributed by atoms with van der Waals surface area (Å²) >= 11 is 1.63. The maximum absolute atomic E-state index is 13.8. The first-order valence-corrected chi connectivity index (χ1v) is 15.7. The Labute approximate surface area is 240 Å². The zero-order chi connectivity index (χ0) is 29.9. The predicted octanol–water partition coefficient (Wildman–Crippen LogP) is 3.02. The second-order valence-corrected chi connectivity index (χ2v) is 12.6. The highest BCUT2D eigenvalue weighted by Crippen LogP contribution is 2.21. The number of amides is 3. The Kier molecular flexibility index (Phi) is 15.7. The Morgan fingerprint density at radius 1 is 1.10 bits per heavy atom. The van der Waals surface area contributed by atoms with E-state index in [1.165, 1.54) is 7.11 Å². The minimum Gasteiger partial charge on any atom is -0.366 e. The van der Waals surface area contributed by atoms with Gasteiger partial charge in [0.25, 0.3) is 0 Å². The van der Waals surface area contributed by atoms with Crippen molar-refractivity contribution in [1.29, 1.82) is 0 Å². The third kappa shape index (κ3) is 10.7. The molecule has 0 aromatic heterocycles. The normalized spacial score (nSPS) is 20.1. The molecular formula is C29H54N4O5S. The van der Waals surface area contributed by atoms with Crippen LogP contribution in [0.25, 0.3) is 0 Å².